The van der Waals surface area contributed by atoms with Gasteiger partial charge >= 0.3 is 23.6 Å². The van der Waals surface area contributed by atoms with Gasteiger partial charge in [0.25, 0.3) is 11.4 Å². The molecule has 1 aliphatic carbocycles. The van der Waals surface area contributed by atoms with Gasteiger partial charge in [-0.25, -0.2) is 19.1 Å². The number of anilines is 1. The molecule has 2 heterocycles. The maximum atomic E-state index is 14.3. The summed E-state index contributed by atoms with van der Waals surface area (Å²) in [7, 11) is 0. The van der Waals surface area contributed by atoms with E-state index < -0.39 is 58.1 Å². The molecule has 6 nitrogen and oxygen atoms in total. The van der Waals surface area contributed by atoms with E-state index in [0.29, 0.717) is 30.3 Å². The number of aromatic amines is 1. The van der Waals surface area contributed by atoms with Crippen molar-refractivity contribution in [2.45, 2.75) is 50.0 Å². The minimum absolute atomic E-state index is 0.232. The third kappa shape index (κ3) is 3.62. The lowest BCUT2D eigenvalue weighted by atomic mass is 9.84. The molecule has 4 rings (SSSR count). The number of halogens is 7. The molecule has 178 valence electrons. The molecular weight excluding hydrogens is 461 g/mol. The van der Waals surface area contributed by atoms with Crippen LogP contribution in [0.1, 0.15) is 37.7 Å². The van der Waals surface area contributed by atoms with Crippen molar-refractivity contribution >= 4 is 11.7 Å². The summed E-state index contributed by atoms with van der Waals surface area (Å²) in [5.74, 6) is -2.89. The SMILES string of the molecule is O=c1[nH]c(=O)n(-c2ccc(F)cc2)c2c1C(C(F)(F)F)(C(F)(F)F)[NH+]=C(C1CCCCC1)N2. The fourth-order valence-corrected chi connectivity index (χ4v) is 4.44. The quantitative estimate of drug-likeness (QED) is 0.580. The number of alkyl halides is 6. The Balaban J connectivity index is 2.10. The highest BCUT2D eigenvalue weighted by molar-refractivity contribution is 5.94. The molecule has 1 aromatic heterocycles. The van der Waals surface area contributed by atoms with Crippen LogP contribution in [0.3, 0.4) is 0 Å². The molecule has 2 aromatic rings. The molecule has 0 bridgehead atoms. The Hall–Kier alpha value is -3.12. The summed E-state index contributed by atoms with van der Waals surface area (Å²) in [5.41, 5.74) is -9.86. The molecule has 0 saturated heterocycles. The summed E-state index contributed by atoms with van der Waals surface area (Å²) in [6.45, 7) is 0. The summed E-state index contributed by atoms with van der Waals surface area (Å²) in [6, 6.07) is 3.77. The van der Waals surface area contributed by atoms with Gasteiger partial charge in [-0.1, -0.05) is 19.3 Å². The Morgan fingerprint density at radius 1 is 0.939 bits per heavy atom. The van der Waals surface area contributed by atoms with Gasteiger partial charge in [-0.3, -0.25) is 14.8 Å². The van der Waals surface area contributed by atoms with Crippen LogP contribution >= 0.6 is 0 Å². The van der Waals surface area contributed by atoms with Crippen LogP contribution in [0.25, 0.3) is 5.69 Å². The van der Waals surface area contributed by atoms with Crippen LogP contribution in [0.2, 0.25) is 0 Å². The van der Waals surface area contributed by atoms with Crippen LogP contribution in [-0.4, -0.2) is 27.7 Å². The third-order valence-corrected chi connectivity index (χ3v) is 6.01. The molecule has 0 unspecified atom stereocenters. The van der Waals surface area contributed by atoms with Gasteiger partial charge in [0.15, 0.2) is 0 Å². The van der Waals surface area contributed by atoms with Crippen molar-refractivity contribution in [3.63, 3.8) is 0 Å². The second kappa shape index (κ2) is 7.73. The molecule has 1 aromatic carbocycles. The summed E-state index contributed by atoms with van der Waals surface area (Å²) in [6.07, 6.45) is -9.39. The zero-order valence-corrected chi connectivity index (χ0v) is 16.8. The maximum absolute atomic E-state index is 14.3. The van der Waals surface area contributed by atoms with E-state index in [4.69, 9.17) is 0 Å². The number of benzene rings is 1. The Morgan fingerprint density at radius 2 is 1.52 bits per heavy atom. The molecule has 0 atom stereocenters. The number of fused-ring (bicyclic) bond motifs is 1. The number of aromatic nitrogens is 2. The minimum atomic E-state index is -6.00. The third-order valence-electron chi connectivity index (χ3n) is 6.01. The fourth-order valence-electron chi connectivity index (χ4n) is 4.44. The molecule has 13 heteroatoms. The molecule has 0 spiro atoms. The lowest BCUT2D eigenvalue weighted by Crippen LogP contribution is -2.97. The van der Waals surface area contributed by atoms with E-state index in [-0.39, 0.29) is 5.69 Å². The Morgan fingerprint density at radius 3 is 2.06 bits per heavy atom. The topological polar surface area (TPSA) is 80.9 Å². The zero-order chi connectivity index (χ0) is 24.2. The summed E-state index contributed by atoms with van der Waals surface area (Å²) in [5, 5.41) is 2.48. The number of hydrogen-bond donors (Lipinski definition) is 3. The number of H-pyrrole nitrogens is 1. The van der Waals surface area contributed by atoms with Crippen molar-refractivity contribution in [2.75, 3.05) is 5.32 Å². The van der Waals surface area contributed by atoms with E-state index in [1.807, 2.05) is 0 Å². The van der Waals surface area contributed by atoms with Crippen LogP contribution in [0, 0.1) is 11.7 Å². The Kier molecular flexibility index (Phi) is 5.40. The minimum Gasteiger partial charge on any atom is -0.273 e. The zero-order valence-electron chi connectivity index (χ0n) is 16.8. The van der Waals surface area contributed by atoms with Gasteiger partial charge in [-0.05, 0) is 37.1 Å². The van der Waals surface area contributed by atoms with E-state index in [0.717, 1.165) is 30.7 Å². The highest BCUT2D eigenvalue weighted by Gasteiger charge is 2.78. The van der Waals surface area contributed by atoms with E-state index in [9.17, 15) is 40.3 Å². The standard InChI is InChI=1S/C20H17F7N4O2/c21-11-6-8-12(9-7-11)31-15-13(16(32)29-17(31)33)18(19(22,23)24,20(25,26)27)30-14(28-15)10-4-2-1-3-5-10/h6-10H,1-5H2,(H,28,30)(H,29,32,33)/p+1. The molecule has 1 aliphatic heterocycles. The predicted molar refractivity (Wildman–Crippen MR) is 103 cm³/mol. The van der Waals surface area contributed by atoms with Crippen molar-refractivity contribution < 1.29 is 35.7 Å². The van der Waals surface area contributed by atoms with Crippen molar-refractivity contribution in [1.29, 1.82) is 0 Å². The number of nitrogens with one attached hydrogen (secondary N) is 3. The summed E-state index contributed by atoms with van der Waals surface area (Å²) in [4.78, 5) is 28.2. The van der Waals surface area contributed by atoms with Crippen LogP contribution in [0.15, 0.2) is 33.9 Å². The fraction of sp³-hybridized carbons (Fsp3) is 0.450. The smallest absolute Gasteiger partial charge is 0.273 e. The number of nitrogens with zero attached hydrogens (tertiary/aromatic N) is 1. The molecule has 2 aliphatic rings. The highest BCUT2D eigenvalue weighted by atomic mass is 19.4. The molecular formula is C20H18F7N4O2+. The lowest BCUT2D eigenvalue weighted by molar-refractivity contribution is -0.660. The second-order valence-electron chi connectivity index (χ2n) is 8.04. The van der Waals surface area contributed by atoms with Crippen LogP contribution in [-0.2, 0) is 5.54 Å². The number of hydrogen-bond acceptors (Lipinski definition) is 3. The first-order valence-corrected chi connectivity index (χ1v) is 10.1. The van der Waals surface area contributed by atoms with Crippen LogP contribution < -0.4 is 21.6 Å². The van der Waals surface area contributed by atoms with Crippen molar-refractivity contribution in [1.82, 2.24) is 9.55 Å². The highest BCUT2D eigenvalue weighted by Crippen LogP contribution is 2.48. The molecule has 1 fully saturated rings. The Bertz CT molecular complexity index is 1190. The number of rotatable bonds is 2. The average molecular weight is 479 g/mol. The Labute approximate surface area is 181 Å². The van der Waals surface area contributed by atoms with E-state index in [1.165, 1.54) is 0 Å². The maximum Gasteiger partial charge on any atom is 0.446 e. The first kappa shape index (κ1) is 23.1. The van der Waals surface area contributed by atoms with Crippen molar-refractivity contribution in [3.8, 4) is 5.69 Å². The van der Waals surface area contributed by atoms with Gasteiger partial charge in [0.05, 0.1) is 11.6 Å². The van der Waals surface area contributed by atoms with Crippen LogP contribution in [0.4, 0.5) is 36.6 Å². The first-order valence-electron chi connectivity index (χ1n) is 10.1. The van der Waals surface area contributed by atoms with Gasteiger partial charge in [0.1, 0.15) is 11.4 Å². The molecule has 1 saturated carbocycles. The average Bonchev–Trinajstić information content (AvgIpc) is 2.73. The van der Waals surface area contributed by atoms with Crippen molar-refractivity contribution in [3.05, 3.63) is 56.5 Å². The first-order chi connectivity index (χ1) is 15.4. The predicted octanol–water partition coefficient (Wildman–Crippen LogP) is 2.47. The largest absolute Gasteiger partial charge is 0.446 e. The van der Waals surface area contributed by atoms with E-state index in [1.54, 1.807) is 9.98 Å². The van der Waals surface area contributed by atoms with Gasteiger partial charge in [-0.2, -0.15) is 26.3 Å². The van der Waals surface area contributed by atoms with Gasteiger partial charge in [0, 0.05) is 0 Å². The van der Waals surface area contributed by atoms with Gasteiger partial charge in [0.2, 0.25) is 5.82 Å². The molecule has 3 N–H and O–H groups in total. The van der Waals surface area contributed by atoms with E-state index in [2.05, 4.69) is 5.32 Å². The monoisotopic (exact) mass is 479 g/mol. The summed E-state index contributed by atoms with van der Waals surface area (Å²) >= 11 is 0. The molecule has 0 radical (unpaired) electrons. The molecule has 0 amide bonds. The van der Waals surface area contributed by atoms with E-state index >= 15 is 0 Å². The molecule has 33 heavy (non-hydrogen) atoms. The van der Waals surface area contributed by atoms with Crippen molar-refractivity contribution in [2.24, 2.45) is 5.92 Å². The van der Waals surface area contributed by atoms with Gasteiger partial charge < -0.3 is 0 Å². The second-order valence-corrected chi connectivity index (χ2v) is 8.04. The van der Waals surface area contributed by atoms with Crippen LogP contribution in [0.5, 0.6) is 0 Å². The van der Waals surface area contributed by atoms with Gasteiger partial charge in [-0.15, -0.1) is 0 Å². The summed E-state index contributed by atoms with van der Waals surface area (Å²) < 4.78 is 99.4. The number of amidine groups is 1. The lowest BCUT2D eigenvalue weighted by Gasteiger charge is -2.36. The normalized spacial score (nSPS) is 18.9.